The van der Waals surface area contributed by atoms with Crippen molar-refractivity contribution in [1.29, 1.82) is 0 Å². The van der Waals surface area contributed by atoms with Crippen LogP contribution < -0.4 is 10.1 Å². The minimum absolute atomic E-state index is 0.0295. The van der Waals surface area contributed by atoms with E-state index in [0.29, 0.717) is 18.3 Å². The van der Waals surface area contributed by atoms with Crippen LogP contribution in [-0.2, 0) is 4.79 Å². The summed E-state index contributed by atoms with van der Waals surface area (Å²) in [5.41, 5.74) is 0. The number of ether oxygens (including phenoxy) is 1. The number of hydrogen-bond acceptors (Lipinski definition) is 5. The molecule has 0 radical (unpaired) electrons. The van der Waals surface area contributed by atoms with Crippen LogP contribution in [0.1, 0.15) is 26.7 Å². The third kappa shape index (κ3) is 5.14. The van der Waals surface area contributed by atoms with Gasteiger partial charge in [0.05, 0.1) is 25.4 Å². The van der Waals surface area contributed by atoms with Crippen molar-refractivity contribution in [3.05, 3.63) is 12.4 Å². The molecular weight excluding hydrogens is 222 g/mol. The van der Waals surface area contributed by atoms with Crippen LogP contribution in [-0.4, -0.2) is 33.7 Å². The predicted molar refractivity (Wildman–Crippen MR) is 63.2 cm³/mol. The monoisotopic (exact) mass is 239 g/mol. The van der Waals surface area contributed by atoms with Gasteiger partial charge in [-0.05, 0) is 13.3 Å². The van der Waals surface area contributed by atoms with Crippen LogP contribution in [0.15, 0.2) is 12.4 Å². The van der Waals surface area contributed by atoms with Crippen LogP contribution in [0.5, 0.6) is 5.88 Å². The number of carbonyl (C=O) groups is 1. The number of rotatable bonds is 7. The van der Waals surface area contributed by atoms with E-state index in [4.69, 9.17) is 9.84 Å². The van der Waals surface area contributed by atoms with E-state index in [-0.39, 0.29) is 12.5 Å². The fourth-order valence-electron chi connectivity index (χ4n) is 1.26. The summed E-state index contributed by atoms with van der Waals surface area (Å²) in [6, 6.07) is -0.205. The molecule has 0 amide bonds. The van der Waals surface area contributed by atoms with Gasteiger partial charge in [-0.25, -0.2) is 0 Å². The maximum atomic E-state index is 10.5. The lowest BCUT2D eigenvalue weighted by molar-refractivity contribution is -0.137. The Morgan fingerprint density at radius 3 is 3.00 bits per heavy atom. The zero-order valence-electron chi connectivity index (χ0n) is 10.0. The quantitative estimate of drug-likeness (QED) is 0.750. The first-order chi connectivity index (χ1) is 8.11. The van der Waals surface area contributed by atoms with E-state index in [1.165, 1.54) is 12.4 Å². The Morgan fingerprint density at radius 1 is 1.59 bits per heavy atom. The minimum atomic E-state index is -0.851. The Labute approximate surface area is 100 Å². The van der Waals surface area contributed by atoms with E-state index in [9.17, 15) is 4.79 Å². The largest absolute Gasteiger partial charge is 0.481 e. The zero-order valence-corrected chi connectivity index (χ0v) is 10.0. The third-order valence-electron chi connectivity index (χ3n) is 1.94. The van der Waals surface area contributed by atoms with Crippen LogP contribution in [0.4, 0.5) is 5.82 Å². The molecule has 6 nitrogen and oxygen atoms in total. The van der Waals surface area contributed by atoms with Crippen molar-refractivity contribution in [2.75, 3.05) is 11.9 Å². The van der Waals surface area contributed by atoms with Gasteiger partial charge in [0, 0.05) is 6.04 Å². The predicted octanol–water partition coefficient (Wildman–Crippen LogP) is 1.54. The molecule has 6 heteroatoms. The molecule has 0 aliphatic carbocycles. The van der Waals surface area contributed by atoms with Crippen molar-refractivity contribution in [1.82, 2.24) is 9.97 Å². The Morgan fingerprint density at radius 2 is 2.35 bits per heavy atom. The van der Waals surface area contributed by atoms with Crippen LogP contribution >= 0.6 is 0 Å². The van der Waals surface area contributed by atoms with Crippen LogP contribution in [0.2, 0.25) is 0 Å². The molecule has 94 valence electrons. The van der Waals surface area contributed by atoms with E-state index < -0.39 is 5.97 Å². The van der Waals surface area contributed by atoms with Gasteiger partial charge in [0.25, 0.3) is 0 Å². The van der Waals surface area contributed by atoms with Gasteiger partial charge < -0.3 is 15.2 Å². The van der Waals surface area contributed by atoms with E-state index in [0.717, 1.165) is 6.42 Å². The number of aliphatic carboxylic acids is 1. The Hall–Kier alpha value is -1.85. The fraction of sp³-hybridized carbons (Fsp3) is 0.545. The zero-order chi connectivity index (χ0) is 12.7. The molecule has 1 unspecified atom stereocenters. The number of nitrogens with one attached hydrogen (secondary N) is 1. The minimum Gasteiger partial charge on any atom is -0.481 e. The number of hydrogen-bond donors (Lipinski definition) is 2. The molecule has 0 aromatic carbocycles. The van der Waals surface area contributed by atoms with Crippen LogP contribution in [0.25, 0.3) is 0 Å². The van der Waals surface area contributed by atoms with Gasteiger partial charge in [-0.15, -0.1) is 0 Å². The molecule has 0 fully saturated rings. The second kappa shape index (κ2) is 6.67. The Kier molecular flexibility index (Phi) is 5.19. The van der Waals surface area contributed by atoms with E-state index >= 15 is 0 Å². The Bertz CT molecular complexity index is 371. The lowest BCUT2D eigenvalue weighted by atomic mass is 10.2. The summed E-state index contributed by atoms with van der Waals surface area (Å²) in [5.74, 6) is 0.114. The lowest BCUT2D eigenvalue weighted by Crippen LogP contribution is -2.20. The van der Waals surface area contributed by atoms with Gasteiger partial charge >= 0.3 is 5.97 Å². The molecule has 1 aromatic heterocycles. The highest BCUT2D eigenvalue weighted by molar-refractivity contribution is 5.68. The molecule has 0 saturated heterocycles. The summed E-state index contributed by atoms with van der Waals surface area (Å²) < 4.78 is 5.33. The van der Waals surface area contributed by atoms with Crippen molar-refractivity contribution in [2.24, 2.45) is 0 Å². The first kappa shape index (κ1) is 13.2. The number of carboxylic acids is 1. The second-order valence-electron chi connectivity index (χ2n) is 3.73. The molecule has 2 N–H and O–H groups in total. The first-order valence-corrected chi connectivity index (χ1v) is 5.55. The molecule has 0 spiro atoms. The molecule has 0 aliphatic heterocycles. The van der Waals surface area contributed by atoms with E-state index in [1.807, 2.05) is 6.92 Å². The van der Waals surface area contributed by atoms with Crippen molar-refractivity contribution in [3.63, 3.8) is 0 Å². The molecule has 0 saturated carbocycles. The van der Waals surface area contributed by atoms with Crippen molar-refractivity contribution in [2.45, 2.75) is 32.7 Å². The van der Waals surface area contributed by atoms with Gasteiger partial charge in [0.1, 0.15) is 5.82 Å². The van der Waals surface area contributed by atoms with Gasteiger partial charge in [-0.1, -0.05) is 6.92 Å². The van der Waals surface area contributed by atoms with E-state index in [1.54, 1.807) is 6.92 Å². The van der Waals surface area contributed by atoms with Crippen LogP contribution in [0, 0.1) is 0 Å². The van der Waals surface area contributed by atoms with Crippen LogP contribution in [0.3, 0.4) is 0 Å². The number of carboxylic acid groups (broad SMARTS) is 1. The standard InChI is InChI=1S/C11H17N3O3/c1-3-4-17-10-7-12-6-9(14-10)13-8(2)5-11(15)16/h6-8H,3-5H2,1-2H3,(H,13,14)(H,15,16). The lowest BCUT2D eigenvalue weighted by Gasteiger charge is -2.12. The molecule has 1 heterocycles. The van der Waals surface area contributed by atoms with Crippen molar-refractivity contribution in [3.8, 4) is 5.88 Å². The van der Waals surface area contributed by atoms with Gasteiger partial charge in [0.15, 0.2) is 0 Å². The van der Waals surface area contributed by atoms with Gasteiger partial charge in [0.2, 0.25) is 5.88 Å². The SMILES string of the molecule is CCCOc1cncc(NC(C)CC(=O)O)n1. The second-order valence-corrected chi connectivity index (χ2v) is 3.73. The average Bonchev–Trinajstić information content (AvgIpc) is 2.25. The summed E-state index contributed by atoms with van der Waals surface area (Å²) in [6.45, 7) is 4.36. The fourth-order valence-corrected chi connectivity index (χ4v) is 1.26. The van der Waals surface area contributed by atoms with E-state index in [2.05, 4.69) is 15.3 Å². The van der Waals surface area contributed by atoms with Crippen molar-refractivity contribution < 1.29 is 14.6 Å². The number of nitrogens with zero attached hydrogens (tertiary/aromatic N) is 2. The number of aromatic nitrogens is 2. The molecule has 0 aliphatic rings. The third-order valence-corrected chi connectivity index (χ3v) is 1.94. The molecular formula is C11H17N3O3. The highest BCUT2D eigenvalue weighted by Gasteiger charge is 2.08. The average molecular weight is 239 g/mol. The van der Waals surface area contributed by atoms with Crippen molar-refractivity contribution >= 4 is 11.8 Å². The normalized spacial score (nSPS) is 11.9. The van der Waals surface area contributed by atoms with Gasteiger partial charge in [-0.3, -0.25) is 9.78 Å². The summed E-state index contributed by atoms with van der Waals surface area (Å²) in [4.78, 5) is 18.6. The first-order valence-electron chi connectivity index (χ1n) is 5.55. The summed E-state index contributed by atoms with van der Waals surface area (Å²) >= 11 is 0. The summed E-state index contributed by atoms with van der Waals surface area (Å²) in [7, 11) is 0. The molecule has 0 bridgehead atoms. The molecule has 1 rings (SSSR count). The molecule has 1 atom stereocenters. The topological polar surface area (TPSA) is 84.3 Å². The maximum Gasteiger partial charge on any atom is 0.305 e. The molecule has 17 heavy (non-hydrogen) atoms. The summed E-state index contributed by atoms with van der Waals surface area (Å²) in [5, 5.41) is 11.6. The Balaban J connectivity index is 2.55. The maximum absolute atomic E-state index is 10.5. The highest BCUT2D eigenvalue weighted by Crippen LogP contribution is 2.11. The summed E-state index contributed by atoms with van der Waals surface area (Å²) in [6.07, 6.45) is 4.00. The van der Waals surface area contributed by atoms with Gasteiger partial charge in [-0.2, -0.15) is 4.98 Å². The smallest absolute Gasteiger partial charge is 0.305 e. The number of anilines is 1. The molecule has 1 aromatic rings. The highest BCUT2D eigenvalue weighted by atomic mass is 16.5.